The molecule has 1 atom stereocenters. The van der Waals surface area contributed by atoms with Gasteiger partial charge < -0.3 is 10.1 Å². The second-order valence-electron chi connectivity index (χ2n) is 7.39. The maximum Gasteiger partial charge on any atom is 0.274 e. The normalized spacial score (nSPS) is 16.0. The largest absolute Gasteiger partial charge is 0.497 e. The Labute approximate surface area is 169 Å². The molecule has 29 heavy (non-hydrogen) atoms. The number of carbonyl (C=O) groups is 1. The maximum absolute atomic E-state index is 12.8. The second-order valence-corrected chi connectivity index (χ2v) is 7.39. The SMILES string of the molecule is COc1cccc(CNC(=O)C2CCc3[nH]n(-c4ccccc4)c(=O)c3CC2)c1. The number of methoxy groups -OCH3 is 1. The number of aryl methyl sites for hydroxylation is 1. The summed E-state index contributed by atoms with van der Waals surface area (Å²) in [5.74, 6) is 0.728. The van der Waals surface area contributed by atoms with Gasteiger partial charge in [-0.1, -0.05) is 30.3 Å². The molecule has 0 radical (unpaired) electrons. The van der Waals surface area contributed by atoms with Crippen LogP contribution in [-0.2, 0) is 24.2 Å². The molecule has 0 spiro atoms. The summed E-state index contributed by atoms with van der Waals surface area (Å²) in [4.78, 5) is 25.5. The van der Waals surface area contributed by atoms with Crippen LogP contribution in [0.1, 0.15) is 29.7 Å². The average Bonchev–Trinajstić information content (AvgIpc) is 2.94. The first-order valence-electron chi connectivity index (χ1n) is 9.94. The van der Waals surface area contributed by atoms with Gasteiger partial charge in [0.1, 0.15) is 5.75 Å². The summed E-state index contributed by atoms with van der Waals surface area (Å²) < 4.78 is 6.83. The Balaban J connectivity index is 1.41. The van der Waals surface area contributed by atoms with Crippen molar-refractivity contribution in [1.29, 1.82) is 0 Å². The van der Waals surface area contributed by atoms with Gasteiger partial charge in [-0.25, -0.2) is 4.68 Å². The van der Waals surface area contributed by atoms with E-state index in [4.69, 9.17) is 4.74 Å². The lowest BCUT2D eigenvalue weighted by atomic mass is 9.98. The summed E-state index contributed by atoms with van der Waals surface area (Å²) in [6.07, 6.45) is 2.72. The number of carbonyl (C=O) groups excluding carboxylic acids is 1. The highest BCUT2D eigenvalue weighted by atomic mass is 16.5. The van der Waals surface area contributed by atoms with Crippen LogP contribution in [0.25, 0.3) is 5.69 Å². The number of nitrogens with zero attached hydrogens (tertiary/aromatic N) is 1. The van der Waals surface area contributed by atoms with E-state index in [1.807, 2.05) is 54.6 Å². The zero-order chi connectivity index (χ0) is 20.2. The van der Waals surface area contributed by atoms with Gasteiger partial charge in [-0.3, -0.25) is 14.7 Å². The Morgan fingerprint density at radius 3 is 2.72 bits per heavy atom. The van der Waals surface area contributed by atoms with E-state index < -0.39 is 0 Å². The summed E-state index contributed by atoms with van der Waals surface area (Å²) in [5.41, 5.74) is 3.57. The molecule has 0 aliphatic heterocycles. The van der Waals surface area contributed by atoms with Crippen molar-refractivity contribution in [3.63, 3.8) is 0 Å². The minimum atomic E-state index is -0.0917. The summed E-state index contributed by atoms with van der Waals surface area (Å²) in [6, 6.07) is 17.3. The molecule has 6 heteroatoms. The Kier molecular flexibility index (Phi) is 5.51. The molecular weight excluding hydrogens is 366 g/mol. The molecule has 1 aliphatic carbocycles. The van der Waals surface area contributed by atoms with Crippen molar-refractivity contribution in [3.05, 3.63) is 81.8 Å². The molecule has 1 heterocycles. The van der Waals surface area contributed by atoms with E-state index in [1.54, 1.807) is 11.8 Å². The number of H-pyrrole nitrogens is 1. The van der Waals surface area contributed by atoms with Crippen molar-refractivity contribution in [2.45, 2.75) is 32.2 Å². The summed E-state index contributed by atoms with van der Waals surface area (Å²) >= 11 is 0. The van der Waals surface area contributed by atoms with Gasteiger partial charge in [-0.05, 0) is 55.5 Å². The van der Waals surface area contributed by atoms with Crippen LogP contribution in [0.15, 0.2) is 59.4 Å². The van der Waals surface area contributed by atoms with Gasteiger partial charge in [0.15, 0.2) is 0 Å². The van der Waals surface area contributed by atoms with Gasteiger partial charge in [0.25, 0.3) is 5.56 Å². The van der Waals surface area contributed by atoms with Crippen LogP contribution in [0.3, 0.4) is 0 Å². The van der Waals surface area contributed by atoms with Crippen molar-refractivity contribution >= 4 is 5.91 Å². The van der Waals surface area contributed by atoms with Gasteiger partial charge in [0, 0.05) is 23.7 Å². The Bertz CT molecular complexity index is 1050. The fourth-order valence-electron chi connectivity index (χ4n) is 3.90. The van der Waals surface area contributed by atoms with Crippen LogP contribution < -0.4 is 15.6 Å². The molecule has 150 valence electrons. The first-order chi connectivity index (χ1) is 14.2. The predicted molar refractivity (Wildman–Crippen MR) is 111 cm³/mol. The minimum absolute atomic E-state index is 0.0105. The number of fused-ring (bicyclic) bond motifs is 1. The zero-order valence-corrected chi connectivity index (χ0v) is 16.5. The number of hydrogen-bond acceptors (Lipinski definition) is 3. The van der Waals surface area contributed by atoms with Crippen LogP contribution in [0.4, 0.5) is 0 Å². The number of benzene rings is 2. The molecule has 4 rings (SSSR count). The molecule has 1 unspecified atom stereocenters. The number of aromatic amines is 1. The van der Waals surface area contributed by atoms with Crippen LogP contribution in [0.2, 0.25) is 0 Å². The summed E-state index contributed by atoms with van der Waals surface area (Å²) in [6.45, 7) is 0.471. The molecule has 3 aromatic rings. The Morgan fingerprint density at radius 2 is 1.93 bits per heavy atom. The molecule has 0 saturated carbocycles. The molecule has 1 aliphatic rings. The molecule has 2 aromatic carbocycles. The highest BCUT2D eigenvalue weighted by Gasteiger charge is 2.26. The quantitative estimate of drug-likeness (QED) is 0.657. The number of amides is 1. The van der Waals surface area contributed by atoms with Gasteiger partial charge in [0.05, 0.1) is 12.8 Å². The van der Waals surface area contributed by atoms with Crippen molar-refractivity contribution in [1.82, 2.24) is 15.1 Å². The summed E-state index contributed by atoms with van der Waals surface area (Å²) in [7, 11) is 1.63. The van der Waals surface area contributed by atoms with Crippen LogP contribution in [0, 0.1) is 5.92 Å². The van der Waals surface area contributed by atoms with Crippen LogP contribution in [0.5, 0.6) is 5.75 Å². The first kappa shape index (κ1) is 19.1. The minimum Gasteiger partial charge on any atom is -0.497 e. The third-order valence-corrected chi connectivity index (χ3v) is 5.54. The molecule has 0 bridgehead atoms. The fraction of sp³-hybridized carbons (Fsp3) is 0.304. The van der Waals surface area contributed by atoms with Crippen molar-refractivity contribution in [3.8, 4) is 11.4 Å². The highest BCUT2D eigenvalue weighted by molar-refractivity contribution is 5.78. The average molecular weight is 391 g/mol. The third-order valence-electron chi connectivity index (χ3n) is 5.54. The first-order valence-corrected chi connectivity index (χ1v) is 9.94. The number of rotatable bonds is 5. The number of ether oxygens (including phenoxy) is 1. The van der Waals surface area contributed by atoms with Crippen LogP contribution >= 0.6 is 0 Å². The molecule has 0 saturated heterocycles. The number of hydrogen-bond donors (Lipinski definition) is 2. The smallest absolute Gasteiger partial charge is 0.274 e. The second kappa shape index (κ2) is 8.39. The topological polar surface area (TPSA) is 76.1 Å². The molecular formula is C23H25N3O3. The number of para-hydroxylation sites is 1. The lowest BCUT2D eigenvalue weighted by Crippen LogP contribution is -2.30. The fourth-order valence-corrected chi connectivity index (χ4v) is 3.90. The standard InChI is InChI=1S/C23H25N3O3/c1-29-19-9-5-6-16(14-19)15-24-22(27)17-10-12-20-21(13-11-17)25-26(23(20)28)18-7-3-2-4-8-18/h2-9,14,17,25H,10-13,15H2,1H3,(H,24,27). The van der Waals surface area contributed by atoms with E-state index in [0.29, 0.717) is 25.8 Å². The third kappa shape index (κ3) is 4.11. The predicted octanol–water partition coefficient (Wildman–Crippen LogP) is 2.99. The molecule has 1 amide bonds. The van der Waals surface area contributed by atoms with Gasteiger partial charge >= 0.3 is 0 Å². The zero-order valence-electron chi connectivity index (χ0n) is 16.5. The van der Waals surface area contributed by atoms with Crippen molar-refractivity contribution in [2.75, 3.05) is 7.11 Å². The van der Waals surface area contributed by atoms with Crippen LogP contribution in [-0.4, -0.2) is 22.8 Å². The van der Waals surface area contributed by atoms with E-state index in [2.05, 4.69) is 10.4 Å². The van der Waals surface area contributed by atoms with Gasteiger partial charge in [-0.2, -0.15) is 0 Å². The monoisotopic (exact) mass is 391 g/mol. The molecule has 2 N–H and O–H groups in total. The van der Waals surface area contributed by atoms with E-state index in [9.17, 15) is 9.59 Å². The lowest BCUT2D eigenvalue weighted by Gasteiger charge is -2.14. The highest BCUT2D eigenvalue weighted by Crippen LogP contribution is 2.23. The lowest BCUT2D eigenvalue weighted by molar-refractivity contribution is -0.125. The Morgan fingerprint density at radius 1 is 1.14 bits per heavy atom. The molecule has 1 aromatic heterocycles. The van der Waals surface area contributed by atoms with E-state index in [1.165, 1.54) is 0 Å². The van der Waals surface area contributed by atoms with Crippen molar-refractivity contribution < 1.29 is 9.53 Å². The van der Waals surface area contributed by atoms with Gasteiger partial charge in [-0.15, -0.1) is 0 Å². The maximum atomic E-state index is 12.8. The number of aromatic nitrogens is 2. The van der Waals surface area contributed by atoms with E-state index in [-0.39, 0.29) is 17.4 Å². The molecule has 0 fully saturated rings. The van der Waals surface area contributed by atoms with E-state index >= 15 is 0 Å². The van der Waals surface area contributed by atoms with Crippen molar-refractivity contribution in [2.24, 2.45) is 5.92 Å². The Hall–Kier alpha value is -3.28. The summed E-state index contributed by atoms with van der Waals surface area (Å²) in [5, 5.41) is 6.28. The number of nitrogens with one attached hydrogen (secondary N) is 2. The van der Waals surface area contributed by atoms with E-state index in [0.717, 1.165) is 34.7 Å². The molecule has 6 nitrogen and oxygen atoms in total. The van der Waals surface area contributed by atoms with Gasteiger partial charge in [0.2, 0.25) is 5.91 Å².